The molecule has 1 aromatic carbocycles. The molecule has 1 aliphatic rings. The first-order chi connectivity index (χ1) is 11.4. The van der Waals surface area contributed by atoms with Gasteiger partial charge in [0.1, 0.15) is 5.75 Å². The molecule has 24 heavy (non-hydrogen) atoms. The highest BCUT2D eigenvalue weighted by molar-refractivity contribution is 5.58. The summed E-state index contributed by atoms with van der Waals surface area (Å²) in [5, 5.41) is 3.19. The number of oxazole rings is 1. The van der Waals surface area contributed by atoms with Crippen molar-refractivity contribution in [1.29, 1.82) is 0 Å². The van der Waals surface area contributed by atoms with Gasteiger partial charge in [-0.05, 0) is 37.1 Å². The van der Waals surface area contributed by atoms with Gasteiger partial charge in [-0.25, -0.2) is 4.98 Å². The van der Waals surface area contributed by atoms with Gasteiger partial charge in [-0.1, -0.05) is 12.8 Å². The lowest BCUT2D eigenvalue weighted by molar-refractivity contribution is -0.274. The van der Waals surface area contributed by atoms with E-state index in [4.69, 9.17) is 10.2 Å². The number of alkyl halides is 3. The Morgan fingerprint density at radius 2 is 1.88 bits per heavy atom. The Balaban J connectivity index is 1.66. The number of anilines is 1. The van der Waals surface area contributed by atoms with Gasteiger partial charge in [-0.15, -0.1) is 13.2 Å². The third-order valence-electron chi connectivity index (χ3n) is 4.01. The number of benzene rings is 1. The third-order valence-corrected chi connectivity index (χ3v) is 4.01. The Kier molecular flexibility index (Phi) is 4.66. The van der Waals surface area contributed by atoms with Crippen LogP contribution in [0.1, 0.15) is 25.7 Å². The molecule has 1 fully saturated rings. The molecule has 0 bridgehead atoms. The molecule has 0 spiro atoms. The van der Waals surface area contributed by atoms with E-state index in [-0.39, 0.29) is 17.8 Å². The van der Waals surface area contributed by atoms with E-state index in [1.807, 2.05) is 0 Å². The lowest BCUT2D eigenvalue weighted by Gasteiger charge is -2.28. The summed E-state index contributed by atoms with van der Waals surface area (Å²) in [5.41, 5.74) is 6.68. The van der Waals surface area contributed by atoms with Gasteiger partial charge in [0.15, 0.2) is 5.76 Å². The molecule has 0 radical (unpaired) electrons. The molecule has 2 aromatic rings. The van der Waals surface area contributed by atoms with Gasteiger partial charge in [0.05, 0.1) is 6.20 Å². The SMILES string of the molecule is N[C@@H]1CCCC[C@H]1Nc1ncc(-c2ccc(OC(F)(F)F)cc2)o1. The Bertz CT molecular complexity index is 670. The van der Waals surface area contributed by atoms with E-state index in [9.17, 15) is 13.2 Å². The van der Waals surface area contributed by atoms with Gasteiger partial charge < -0.3 is 20.2 Å². The molecule has 5 nitrogen and oxygen atoms in total. The molecular weight excluding hydrogens is 323 g/mol. The quantitative estimate of drug-likeness (QED) is 0.882. The molecule has 130 valence electrons. The van der Waals surface area contributed by atoms with Crippen molar-refractivity contribution in [2.75, 3.05) is 5.32 Å². The molecule has 3 rings (SSSR count). The smallest absolute Gasteiger partial charge is 0.424 e. The van der Waals surface area contributed by atoms with Gasteiger partial charge in [0.2, 0.25) is 0 Å². The number of hydrogen-bond donors (Lipinski definition) is 2. The number of ether oxygens (including phenoxy) is 1. The van der Waals surface area contributed by atoms with Crippen LogP contribution in [0.15, 0.2) is 34.9 Å². The van der Waals surface area contributed by atoms with Gasteiger partial charge in [-0.3, -0.25) is 0 Å². The first kappa shape index (κ1) is 16.6. The minimum atomic E-state index is -4.70. The topological polar surface area (TPSA) is 73.3 Å². The van der Waals surface area contributed by atoms with Crippen molar-refractivity contribution in [3.63, 3.8) is 0 Å². The Labute approximate surface area is 137 Å². The monoisotopic (exact) mass is 341 g/mol. The van der Waals surface area contributed by atoms with E-state index in [0.717, 1.165) is 25.7 Å². The molecule has 1 aliphatic carbocycles. The Morgan fingerprint density at radius 3 is 2.54 bits per heavy atom. The van der Waals surface area contributed by atoms with Crippen LogP contribution in [0, 0.1) is 0 Å². The lowest BCUT2D eigenvalue weighted by atomic mass is 9.91. The second-order valence-electron chi connectivity index (χ2n) is 5.80. The maximum Gasteiger partial charge on any atom is 0.573 e. The standard InChI is InChI=1S/C16H18F3N3O2/c17-16(18,19)24-11-7-5-10(6-8-11)14-9-21-15(23-14)22-13-4-2-1-3-12(13)20/h5-9,12-13H,1-4,20H2,(H,21,22)/t12-,13-/m1/s1. The van der Waals surface area contributed by atoms with Crippen molar-refractivity contribution >= 4 is 6.01 Å². The zero-order valence-corrected chi connectivity index (χ0v) is 12.8. The van der Waals surface area contributed by atoms with E-state index >= 15 is 0 Å². The minimum absolute atomic E-state index is 0.0629. The molecule has 0 saturated heterocycles. The van der Waals surface area contributed by atoms with Crippen molar-refractivity contribution in [1.82, 2.24) is 4.98 Å². The highest BCUT2D eigenvalue weighted by atomic mass is 19.4. The molecule has 0 amide bonds. The number of rotatable bonds is 4. The van der Waals surface area contributed by atoms with E-state index in [2.05, 4.69) is 15.0 Å². The van der Waals surface area contributed by atoms with E-state index in [1.165, 1.54) is 30.5 Å². The maximum atomic E-state index is 12.2. The second-order valence-corrected chi connectivity index (χ2v) is 5.80. The van der Waals surface area contributed by atoms with Crippen molar-refractivity contribution < 1.29 is 22.3 Å². The van der Waals surface area contributed by atoms with Crippen LogP contribution in [0.5, 0.6) is 5.75 Å². The lowest BCUT2D eigenvalue weighted by Crippen LogP contribution is -2.42. The summed E-state index contributed by atoms with van der Waals surface area (Å²) < 4.78 is 45.9. The van der Waals surface area contributed by atoms with Crippen LogP contribution in [0.2, 0.25) is 0 Å². The summed E-state index contributed by atoms with van der Waals surface area (Å²) in [4.78, 5) is 4.16. The van der Waals surface area contributed by atoms with Crippen LogP contribution in [0.25, 0.3) is 11.3 Å². The van der Waals surface area contributed by atoms with Crippen molar-refractivity contribution in [3.05, 3.63) is 30.5 Å². The molecule has 0 unspecified atom stereocenters. The Morgan fingerprint density at radius 1 is 1.17 bits per heavy atom. The molecule has 2 atom stereocenters. The van der Waals surface area contributed by atoms with Gasteiger partial charge >= 0.3 is 6.36 Å². The summed E-state index contributed by atoms with van der Waals surface area (Å²) in [5.74, 6) is 0.178. The average molecular weight is 341 g/mol. The number of nitrogens with one attached hydrogen (secondary N) is 1. The first-order valence-corrected chi connectivity index (χ1v) is 7.75. The summed E-state index contributed by atoms with van der Waals surface area (Å²) in [6, 6.07) is 5.98. The van der Waals surface area contributed by atoms with Crippen LogP contribution < -0.4 is 15.8 Å². The molecule has 1 aromatic heterocycles. The van der Waals surface area contributed by atoms with Crippen LogP contribution in [0.4, 0.5) is 19.2 Å². The van der Waals surface area contributed by atoms with E-state index < -0.39 is 6.36 Å². The highest BCUT2D eigenvalue weighted by Crippen LogP contribution is 2.28. The fraction of sp³-hybridized carbons (Fsp3) is 0.438. The van der Waals surface area contributed by atoms with Crippen LogP contribution in [0.3, 0.4) is 0 Å². The first-order valence-electron chi connectivity index (χ1n) is 7.75. The second kappa shape index (κ2) is 6.72. The Hall–Kier alpha value is -2.22. The van der Waals surface area contributed by atoms with Gasteiger partial charge in [-0.2, -0.15) is 0 Å². The maximum absolute atomic E-state index is 12.2. The molecule has 1 saturated carbocycles. The van der Waals surface area contributed by atoms with Gasteiger partial charge in [0.25, 0.3) is 6.01 Å². The summed E-state index contributed by atoms with van der Waals surface area (Å²) in [6.45, 7) is 0. The summed E-state index contributed by atoms with van der Waals surface area (Å²) >= 11 is 0. The van der Waals surface area contributed by atoms with Crippen LogP contribution in [-0.2, 0) is 0 Å². The number of aromatic nitrogens is 1. The number of nitrogens with zero attached hydrogens (tertiary/aromatic N) is 1. The van der Waals surface area contributed by atoms with Gasteiger partial charge in [0, 0.05) is 17.6 Å². The number of nitrogens with two attached hydrogens (primary N) is 1. The highest BCUT2D eigenvalue weighted by Gasteiger charge is 2.31. The molecule has 1 heterocycles. The van der Waals surface area contributed by atoms with Crippen molar-refractivity contribution in [2.24, 2.45) is 5.73 Å². The van der Waals surface area contributed by atoms with Crippen LogP contribution in [-0.4, -0.2) is 23.4 Å². The van der Waals surface area contributed by atoms with Crippen LogP contribution >= 0.6 is 0 Å². The fourth-order valence-electron chi connectivity index (χ4n) is 2.79. The predicted molar refractivity (Wildman–Crippen MR) is 82.5 cm³/mol. The average Bonchev–Trinajstić information content (AvgIpc) is 2.97. The third kappa shape index (κ3) is 4.19. The summed E-state index contributed by atoms with van der Waals surface area (Å²) in [7, 11) is 0. The normalized spacial score (nSPS) is 21.5. The number of hydrogen-bond acceptors (Lipinski definition) is 5. The number of halogens is 3. The van der Waals surface area contributed by atoms with E-state index in [1.54, 1.807) is 0 Å². The molecule has 3 N–H and O–H groups in total. The zero-order chi connectivity index (χ0) is 17.2. The molecule has 0 aliphatic heterocycles. The predicted octanol–water partition coefficient (Wildman–Crippen LogP) is 3.92. The zero-order valence-electron chi connectivity index (χ0n) is 12.8. The fourth-order valence-corrected chi connectivity index (χ4v) is 2.79. The molecule has 8 heteroatoms. The van der Waals surface area contributed by atoms with Crippen molar-refractivity contribution in [3.8, 4) is 17.1 Å². The molecular formula is C16H18F3N3O2. The van der Waals surface area contributed by atoms with E-state index in [0.29, 0.717) is 17.3 Å². The summed E-state index contributed by atoms with van der Waals surface area (Å²) in [6.07, 6.45) is 0.982. The largest absolute Gasteiger partial charge is 0.573 e. The minimum Gasteiger partial charge on any atom is -0.424 e. The van der Waals surface area contributed by atoms with Crippen molar-refractivity contribution in [2.45, 2.75) is 44.1 Å².